The zero-order valence-electron chi connectivity index (χ0n) is 18.1. The number of rotatable bonds is 7. The number of hydrogen-bond donors (Lipinski definition) is 4. The summed E-state index contributed by atoms with van der Waals surface area (Å²) in [5, 5.41) is 27.1. The second-order valence-corrected chi connectivity index (χ2v) is 7.82. The van der Waals surface area contributed by atoms with Crippen molar-refractivity contribution < 1.29 is 24.6 Å². The second-order valence-electron chi connectivity index (χ2n) is 7.82. The van der Waals surface area contributed by atoms with E-state index in [0.29, 0.717) is 31.3 Å². The fourth-order valence-corrected chi connectivity index (χ4v) is 3.99. The molecule has 34 heavy (non-hydrogen) atoms. The molecule has 0 saturated carbocycles. The maximum Gasteiger partial charge on any atom is 2.00 e. The van der Waals surface area contributed by atoms with Crippen molar-refractivity contribution in [2.45, 2.75) is 24.9 Å². The van der Waals surface area contributed by atoms with Crippen LogP contribution in [0.2, 0.25) is 0 Å². The van der Waals surface area contributed by atoms with Gasteiger partial charge in [-0.15, -0.1) is 0 Å². The first-order chi connectivity index (χ1) is 15.7. The van der Waals surface area contributed by atoms with Crippen LogP contribution in [-0.2, 0) is 9.59 Å². The Balaban J connectivity index is 0.00000324. The summed E-state index contributed by atoms with van der Waals surface area (Å²) >= 11 is 0. The van der Waals surface area contributed by atoms with Gasteiger partial charge < -0.3 is 46.0 Å². The Morgan fingerprint density at radius 3 is 2.59 bits per heavy atom. The number of aromatic nitrogens is 2. The molecule has 2 aliphatic heterocycles. The van der Waals surface area contributed by atoms with E-state index >= 15 is 0 Å². The first-order valence-corrected chi connectivity index (χ1v) is 10.2. The van der Waals surface area contributed by atoms with Crippen molar-refractivity contribution in [3.8, 4) is 0 Å². The third-order valence-electron chi connectivity index (χ3n) is 5.62. The Morgan fingerprint density at radius 1 is 1.24 bits per heavy atom. The molecule has 13 nitrogen and oxygen atoms in total. The number of nitrogens with one attached hydrogen (secondary N) is 3. The number of benzene rings is 1. The van der Waals surface area contributed by atoms with Crippen LogP contribution in [0.25, 0.3) is 0 Å². The van der Waals surface area contributed by atoms with Crippen molar-refractivity contribution in [1.82, 2.24) is 15.3 Å². The number of carboxylic acid groups (broad SMARTS) is 2. The van der Waals surface area contributed by atoms with Crippen molar-refractivity contribution >= 4 is 78.7 Å². The van der Waals surface area contributed by atoms with Crippen molar-refractivity contribution in [3.05, 3.63) is 40.2 Å². The molecule has 1 saturated heterocycles. The van der Waals surface area contributed by atoms with Crippen LogP contribution in [0, 0.1) is 0 Å². The zero-order valence-corrected chi connectivity index (χ0v) is 20.3. The summed E-state index contributed by atoms with van der Waals surface area (Å²) in [4.78, 5) is 57.2. The van der Waals surface area contributed by atoms with Gasteiger partial charge in [-0.3, -0.25) is 14.6 Å². The minimum Gasteiger partial charge on any atom is -0.550 e. The standard InChI is InChI=1S/C20H23N7O6.Ca/c21-20-24-16-15(18(31)25-20)27-9-26(8-12(27)7-22-16)11-3-1-10(2-4-11)17(30)23-13(19(32)33)5-6-14(28)29;/h1-4,12-13H,5-9H2,(H,23,30)(H,28,29)(H,32,33)(H4,21,22,24,25,31);/q;+2/p-2/t12?,13-;/m1./s1. The molecule has 14 heteroatoms. The van der Waals surface area contributed by atoms with Crippen molar-refractivity contribution in [2.75, 3.05) is 40.6 Å². The molecular formula is C20H21CaN7O6. The van der Waals surface area contributed by atoms with E-state index in [4.69, 9.17) is 5.73 Å². The van der Waals surface area contributed by atoms with Gasteiger partial charge in [0.05, 0.1) is 24.7 Å². The summed E-state index contributed by atoms with van der Waals surface area (Å²) in [6.45, 7) is 1.63. The van der Waals surface area contributed by atoms with E-state index in [1.807, 2.05) is 9.80 Å². The molecule has 0 spiro atoms. The van der Waals surface area contributed by atoms with E-state index in [0.717, 1.165) is 5.69 Å². The van der Waals surface area contributed by atoms with Gasteiger partial charge in [-0.05, 0) is 37.1 Å². The predicted octanol–water partition coefficient (Wildman–Crippen LogP) is -3.57. The Kier molecular flexibility index (Phi) is 7.89. The zero-order chi connectivity index (χ0) is 23.7. The molecule has 3 heterocycles. The number of nitrogens with two attached hydrogens (primary N) is 1. The van der Waals surface area contributed by atoms with Crippen LogP contribution in [0.1, 0.15) is 23.2 Å². The number of carbonyl (C=O) groups is 3. The topological polar surface area (TPSA) is 200 Å². The second kappa shape index (κ2) is 10.5. The first kappa shape index (κ1) is 25.6. The molecule has 1 aromatic carbocycles. The summed E-state index contributed by atoms with van der Waals surface area (Å²) in [5.41, 5.74) is 6.72. The summed E-state index contributed by atoms with van der Waals surface area (Å²) in [6.07, 6.45) is -0.859. The molecule has 2 atom stereocenters. The molecule has 1 amide bonds. The van der Waals surface area contributed by atoms with Gasteiger partial charge in [0.15, 0.2) is 5.82 Å². The molecule has 4 rings (SSSR count). The number of carboxylic acids is 2. The molecule has 5 N–H and O–H groups in total. The first-order valence-electron chi connectivity index (χ1n) is 10.2. The third-order valence-corrected chi connectivity index (χ3v) is 5.62. The van der Waals surface area contributed by atoms with E-state index in [9.17, 15) is 29.4 Å². The molecular weight excluding hydrogens is 474 g/mol. The minimum atomic E-state index is -1.57. The number of amides is 1. The molecule has 0 radical (unpaired) electrons. The average molecular weight is 496 g/mol. The normalized spacial score (nSPS) is 17.0. The summed E-state index contributed by atoms with van der Waals surface area (Å²) in [5.74, 6) is -3.19. The van der Waals surface area contributed by atoms with Gasteiger partial charge in [0.2, 0.25) is 5.95 Å². The van der Waals surface area contributed by atoms with Crippen LogP contribution in [0.4, 0.5) is 23.1 Å². The third kappa shape index (κ3) is 5.37. The average Bonchev–Trinajstić information content (AvgIpc) is 3.20. The van der Waals surface area contributed by atoms with Crippen molar-refractivity contribution in [1.29, 1.82) is 0 Å². The van der Waals surface area contributed by atoms with Crippen LogP contribution < -0.4 is 41.9 Å². The quantitative estimate of drug-likeness (QED) is 0.277. The largest absolute Gasteiger partial charge is 2.00 e. The molecule has 0 bridgehead atoms. The Bertz CT molecular complexity index is 1160. The Morgan fingerprint density at radius 2 is 1.94 bits per heavy atom. The molecule has 2 aliphatic rings. The van der Waals surface area contributed by atoms with Gasteiger partial charge in [0.25, 0.3) is 11.5 Å². The smallest absolute Gasteiger partial charge is 0.550 e. The van der Waals surface area contributed by atoms with Crippen LogP contribution in [0.15, 0.2) is 29.1 Å². The number of aromatic amines is 1. The summed E-state index contributed by atoms with van der Waals surface area (Å²) < 4.78 is 0. The van der Waals surface area contributed by atoms with Crippen LogP contribution in [0.3, 0.4) is 0 Å². The van der Waals surface area contributed by atoms with E-state index in [1.54, 1.807) is 12.1 Å². The molecule has 2 aromatic rings. The minimum absolute atomic E-state index is 0. The molecule has 0 aliphatic carbocycles. The number of anilines is 4. The van der Waals surface area contributed by atoms with Gasteiger partial charge in [-0.1, -0.05) is 0 Å². The number of nitrogens with zero attached hydrogens (tertiary/aromatic N) is 3. The van der Waals surface area contributed by atoms with Crippen LogP contribution in [0.5, 0.6) is 0 Å². The SMILES string of the molecule is Nc1nc2c(c(=O)[nH]1)N1CN(c3ccc(C(=O)N[C@H](CCC(=O)[O-])C(=O)[O-])cc3)CC1CN2.[Ca+2]. The van der Waals surface area contributed by atoms with E-state index in [1.165, 1.54) is 12.1 Å². The maximum atomic E-state index is 12.4. The van der Waals surface area contributed by atoms with E-state index in [-0.39, 0.29) is 67.3 Å². The monoisotopic (exact) mass is 495 g/mol. The van der Waals surface area contributed by atoms with Gasteiger partial charge in [0.1, 0.15) is 5.69 Å². The number of carbonyl (C=O) groups excluding carboxylic acids is 3. The molecule has 174 valence electrons. The van der Waals surface area contributed by atoms with E-state index < -0.39 is 30.3 Å². The summed E-state index contributed by atoms with van der Waals surface area (Å²) in [6, 6.07) is 5.07. The predicted molar refractivity (Wildman–Crippen MR) is 119 cm³/mol. The Hall–Kier alpha value is -3.03. The molecule has 1 fully saturated rings. The fraction of sp³-hybridized carbons (Fsp3) is 0.350. The van der Waals surface area contributed by atoms with Crippen molar-refractivity contribution in [2.24, 2.45) is 0 Å². The van der Waals surface area contributed by atoms with Gasteiger partial charge in [-0.2, -0.15) is 4.98 Å². The number of nitrogen functional groups attached to an aromatic ring is 1. The van der Waals surface area contributed by atoms with Crippen LogP contribution in [-0.4, -0.2) is 97.4 Å². The van der Waals surface area contributed by atoms with Gasteiger partial charge >= 0.3 is 37.7 Å². The Labute approximate surface area is 223 Å². The summed E-state index contributed by atoms with van der Waals surface area (Å²) in [7, 11) is 0. The number of fused-ring (bicyclic) bond motifs is 3. The number of hydrogen-bond acceptors (Lipinski definition) is 11. The maximum absolute atomic E-state index is 12.4. The fourth-order valence-electron chi connectivity index (χ4n) is 3.99. The van der Waals surface area contributed by atoms with Crippen molar-refractivity contribution in [3.63, 3.8) is 0 Å². The van der Waals surface area contributed by atoms with Gasteiger partial charge in [0, 0.05) is 30.3 Å². The molecule has 1 aromatic heterocycles. The number of aliphatic carboxylic acids is 2. The van der Waals surface area contributed by atoms with Crippen LogP contribution >= 0.6 is 0 Å². The van der Waals surface area contributed by atoms with E-state index in [2.05, 4.69) is 20.6 Å². The number of H-pyrrole nitrogens is 1. The van der Waals surface area contributed by atoms with Gasteiger partial charge in [-0.25, -0.2) is 0 Å². The molecule has 1 unspecified atom stereocenters.